The van der Waals surface area contributed by atoms with E-state index < -0.39 is 0 Å². The number of hydrogen-bond acceptors (Lipinski definition) is 5. The monoisotopic (exact) mass is 261 g/mol. The van der Waals surface area contributed by atoms with E-state index in [1.54, 1.807) is 12.3 Å². The maximum absolute atomic E-state index is 8.80. The number of nitrogens with two attached hydrogens (primary N) is 1. The molecule has 5 heteroatoms. The first-order valence-corrected chi connectivity index (χ1v) is 6.49. The zero-order valence-electron chi connectivity index (χ0n) is 12.1. The topological polar surface area (TPSA) is 78.0 Å². The first kappa shape index (κ1) is 15.3. The first-order chi connectivity index (χ1) is 8.92. The third-order valence-electron chi connectivity index (χ3n) is 2.73. The number of nitrogens with one attached hydrogen (secondary N) is 1. The van der Waals surface area contributed by atoms with Crippen molar-refractivity contribution in [2.75, 3.05) is 31.7 Å². The molecule has 1 atom stereocenters. The van der Waals surface area contributed by atoms with Crippen LogP contribution in [-0.4, -0.2) is 36.6 Å². The van der Waals surface area contributed by atoms with E-state index in [0.29, 0.717) is 23.0 Å². The number of likely N-dealkylation sites (N-methyl/N-ethyl adjacent to an activating group) is 1. The predicted octanol–water partition coefficient (Wildman–Crippen LogP) is 1.92. The van der Waals surface area contributed by atoms with Crippen LogP contribution in [0.4, 0.5) is 11.5 Å². The second kappa shape index (κ2) is 6.95. The van der Waals surface area contributed by atoms with Gasteiger partial charge in [0.05, 0.1) is 11.3 Å². The molecule has 1 aromatic heterocycles. The Labute approximate surface area is 115 Å². The van der Waals surface area contributed by atoms with Gasteiger partial charge >= 0.3 is 0 Å². The minimum absolute atomic E-state index is 0.290. The summed E-state index contributed by atoms with van der Waals surface area (Å²) in [6.45, 7) is 5.30. The number of rotatable bonds is 6. The normalized spacial score (nSPS) is 12.5. The average Bonchev–Trinajstić information content (AvgIpc) is 2.30. The molecule has 0 radical (unpaired) electrons. The van der Waals surface area contributed by atoms with Crippen LogP contribution in [0, 0.1) is 17.2 Å². The number of nitrogens with zero attached hydrogens (tertiary/aromatic N) is 3. The van der Waals surface area contributed by atoms with Gasteiger partial charge in [-0.25, -0.2) is 4.98 Å². The summed E-state index contributed by atoms with van der Waals surface area (Å²) in [6.07, 6.45) is 2.58. The third kappa shape index (κ3) is 5.14. The molecule has 0 aromatic carbocycles. The van der Waals surface area contributed by atoms with Gasteiger partial charge in [0, 0.05) is 18.8 Å². The number of nitriles is 1. The fourth-order valence-corrected chi connectivity index (χ4v) is 2.05. The van der Waals surface area contributed by atoms with Crippen molar-refractivity contribution < 1.29 is 0 Å². The van der Waals surface area contributed by atoms with Crippen LogP contribution in [-0.2, 0) is 0 Å². The molecule has 1 heterocycles. The van der Waals surface area contributed by atoms with Gasteiger partial charge in [-0.15, -0.1) is 0 Å². The average molecular weight is 261 g/mol. The quantitative estimate of drug-likeness (QED) is 0.818. The van der Waals surface area contributed by atoms with Crippen LogP contribution in [0.2, 0.25) is 0 Å². The largest absolute Gasteiger partial charge is 0.396 e. The SMILES string of the molecule is CC(C)CC(CN(C)C)Nc1ncc(C#N)cc1N. The van der Waals surface area contributed by atoms with Crippen molar-refractivity contribution >= 4 is 11.5 Å². The minimum atomic E-state index is 0.290. The smallest absolute Gasteiger partial charge is 0.149 e. The maximum Gasteiger partial charge on any atom is 0.149 e. The summed E-state index contributed by atoms with van der Waals surface area (Å²) in [4.78, 5) is 6.37. The molecule has 1 unspecified atom stereocenters. The van der Waals surface area contributed by atoms with Gasteiger partial charge in [0.2, 0.25) is 0 Å². The van der Waals surface area contributed by atoms with Crippen LogP contribution in [0.25, 0.3) is 0 Å². The lowest BCUT2D eigenvalue weighted by Gasteiger charge is -2.25. The fraction of sp³-hybridized carbons (Fsp3) is 0.571. The Hall–Kier alpha value is -1.80. The van der Waals surface area contributed by atoms with Crippen LogP contribution >= 0.6 is 0 Å². The van der Waals surface area contributed by atoms with Crippen LogP contribution in [0.3, 0.4) is 0 Å². The lowest BCUT2D eigenvalue weighted by atomic mass is 10.0. The Morgan fingerprint density at radius 1 is 1.47 bits per heavy atom. The van der Waals surface area contributed by atoms with E-state index in [0.717, 1.165) is 13.0 Å². The Kier molecular flexibility index (Phi) is 5.58. The summed E-state index contributed by atoms with van der Waals surface area (Å²) in [5.74, 6) is 1.25. The molecule has 0 fully saturated rings. The molecule has 1 rings (SSSR count). The van der Waals surface area contributed by atoms with Crippen LogP contribution in [0.1, 0.15) is 25.8 Å². The molecule has 19 heavy (non-hydrogen) atoms. The van der Waals surface area contributed by atoms with Crippen molar-refractivity contribution in [3.05, 3.63) is 17.8 Å². The van der Waals surface area contributed by atoms with E-state index in [9.17, 15) is 0 Å². The summed E-state index contributed by atoms with van der Waals surface area (Å²) in [6, 6.07) is 3.97. The van der Waals surface area contributed by atoms with E-state index in [2.05, 4.69) is 29.0 Å². The van der Waals surface area contributed by atoms with E-state index in [-0.39, 0.29) is 6.04 Å². The lowest BCUT2D eigenvalue weighted by molar-refractivity contribution is 0.356. The Morgan fingerprint density at radius 3 is 2.63 bits per heavy atom. The number of aromatic nitrogens is 1. The van der Waals surface area contributed by atoms with Gasteiger partial charge in [0.25, 0.3) is 0 Å². The summed E-state index contributed by atoms with van der Waals surface area (Å²) < 4.78 is 0. The number of nitrogen functional groups attached to an aromatic ring is 1. The van der Waals surface area contributed by atoms with Crippen molar-refractivity contribution in [2.24, 2.45) is 5.92 Å². The highest BCUT2D eigenvalue weighted by Crippen LogP contribution is 2.19. The molecule has 0 saturated heterocycles. The van der Waals surface area contributed by atoms with Crippen molar-refractivity contribution in [3.8, 4) is 6.07 Å². The Balaban J connectivity index is 2.81. The highest BCUT2D eigenvalue weighted by atomic mass is 15.1. The molecule has 1 aromatic rings. The molecule has 3 N–H and O–H groups in total. The first-order valence-electron chi connectivity index (χ1n) is 6.49. The van der Waals surface area contributed by atoms with Gasteiger partial charge in [0.1, 0.15) is 11.9 Å². The maximum atomic E-state index is 8.80. The van der Waals surface area contributed by atoms with Gasteiger partial charge in [0.15, 0.2) is 0 Å². The highest BCUT2D eigenvalue weighted by Gasteiger charge is 2.14. The van der Waals surface area contributed by atoms with Crippen molar-refractivity contribution in [1.82, 2.24) is 9.88 Å². The number of anilines is 2. The van der Waals surface area contributed by atoms with E-state index in [1.807, 2.05) is 20.2 Å². The molecule has 0 spiro atoms. The zero-order valence-corrected chi connectivity index (χ0v) is 12.1. The summed E-state index contributed by atoms with van der Waals surface area (Å²) in [7, 11) is 4.09. The van der Waals surface area contributed by atoms with Gasteiger partial charge < -0.3 is 16.0 Å². The van der Waals surface area contributed by atoms with Gasteiger partial charge in [-0.3, -0.25) is 0 Å². The summed E-state index contributed by atoms with van der Waals surface area (Å²) >= 11 is 0. The second-order valence-corrected chi connectivity index (χ2v) is 5.51. The summed E-state index contributed by atoms with van der Waals surface area (Å²) in [5.41, 5.74) is 6.92. The van der Waals surface area contributed by atoms with E-state index in [4.69, 9.17) is 11.0 Å². The molecular weight excluding hydrogens is 238 g/mol. The van der Waals surface area contributed by atoms with E-state index >= 15 is 0 Å². The van der Waals surface area contributed by atoms with Crippen LogP contribution in [0.15, 0.2) is 12.3 Å². The fourth-order valence-electron chi connectivity index (χ4n) is 2.05. The van der Waals surface area contributed by atoms with Gasteiger partial charge in [-0.05, 0) is 32.5 Å². The Morgan fingerprint density at radius 2 is 2.16 bits per heavy atom. The van der Waals surface area contributed by atoms with Crippen LogP contribution < -0.4 is 11.1 Å². The molecule has 104 valence electrons. The van der Waals surface area contributed by atoms with Crippen molar-refractivity contribution in [3.63, 3.8) is 0 Å². The standard InChI is InChI=1S/C14H23N5/c1-10(2)5-12(9-19(3)4)18-14-13(16)6-11(7-15)8-17-14/h6,8,10,12H,5,9,16H2,1-4H3,(H,17,18). The zero-order chi connectivity index (χ0) is 14.4. The molecular formula is C14H23N5. The Bertz CT molecular complexity index is 438. The molecule has 0 aliphatic heterocycles. The van der Waals surface area contributed by atoms with Gasteiger partial charge in [-0.1, -0.05) is 13.8 Å². The molecule has 0 aliphatic carbocycles. The molecule has 0 aliphatic rings. The van der Waals surface area contributed by atoms with Crippen molar-refractivity contribution in [2.45, 2.75) is 26.3 Å². The molecule has 0 saturated carbocycles. The molecule has 5 nitrogen and oxygen atoms in total. The van der Waals surface area contributed by atoms with Crippen molar-refractivity contribution in [1.29, 1.82) is 5.26 Å². The minimum Gasteiger partial charge on any atom is -0.396 e. The summed E-state index contributed by atoms with van der Waals surface area (Å²) in [5, 5.41) is 12.2. The highest BCUT2D eigenvalue weighted by molar-refractivity contribution is 5.63. The molecule has 0 amide bonds. The lowest BCUT2D eigenvalue weighted by Crippen LogP contribution is -2.34. The predicted molar refractivity (Wildman–Crippen MR) is 78.8 cm³/mol. The van der Waals surface area contributed by atoms with Gasteiger partial charge in [-0.2, -0.15) is 5.26 Å². The molecule has 0 bridgehead atoms. The number of pyridine rings is 1. The third-order valence-corrected chi connectivity index (χ3v) is 2.73. The van der Waals surface area contributed by atoms with E-state index in [1.165, 1.54) is 0 Å². The number of hydrogen-bond donors (Lipinski definition) is 2. The second-order valence-electron chi connectivity index (χ2n) is 5.51. The van der Waals surface area contributed by atoms with Crippen LogP contribution in [0.5, 0.6) is 0 Å².